The van der Waals surface area contributed by atoms with Crippen LogP contribution in [-0.2, 0) is 9.47 Å². The lowest BCUT2D eigenvalue weighted by atomic mass is 9.87. The summed E-state index contributed by atoms with van der Waals surface area (Å²) in [6, 6.07) is 0.0273. The van der Waals surface area contributed by atoms with Crippen molar-refractivity contribution >= 4 is 39.4 Å². The van der Waals surface area contributed by atoms with E-state index in [0.29, 0.717) is 5.82 Å². The Kier molecular flexibility index (Phi) is 4.13. The molecule has 26 heavy (non-hydrogen) atoms. The van der Waals surface area contributed by atoms with E-state index in [9.17, 15) is 0 Å². The molecule has 0 bridgehead atoms. The maximum atomic E-state index is 6.30. The molecule has 0 saturated carbocycles. The zero-order valence-corrected chi connectivity index (χ0v) is 17.9. The van der Waals surface area contributed by atoms with E-state index in [0.717, 1.165) is 21.0 Å². The first-order valence-corrected chi connectivity index (χ1v) is 9.96. The fourth-order valence-corrected chi connectivity index (χ4v) is 4.85. The number of aromatic nitrogens is 3. The summed E-state index contributed by atoms with van der Waals surface area (Å²) in [6.07, 6.45) is 6.78. The number of anilines is 1. The summed E-state index contributed by atoms with van der Waals surface area (Å²) in [6.45, 7) is 10.7. The van der Waals surface area contributed by atoms with Gasteiger partial charge in [-0.05, 0) is 53.8 Å². The first kappa shape index (κ1) is 18.2. The van der Waals surface area contributed by atoms with Gasteiger partial charge in [0.2, 0.25) is 0 Å². The Morgan fingerprint density at radius 3 is 2.69 bits per heavy atom. The number of fused-ring (bicyclic) bond motifs is 2. The molecule has 1 fully saturated rings. The maximum Gasteiger partial charge on any atom is 0.164 e. The highest BCUT2D eigenvalue weighted by Crippen LogP contribution is 2.47. The van der Waals surface area contributed by atoms with Crippen LogP contribution in [0.15, 0.2) is 24.2 Å². The molecule has 0 aromatic carbocycles. The second-order valence-electron chi connectivity index (χ2n) is 8.83. The van der Waals surface area contributed by atoms with Gasteiger partial charge in [-0.2, -0.15) is 0 Å². The lowest BCUT2D eigenvalue weighted by Crippen LogP contribution is -2.28. The lowest BCUT2D eigenvalue weighted by molar-refractivity contribution is -0.148. The van der Waals surface area contributed by atoms with Crippen molar-refractivity contribution in [2.24, 2.45) is 5.41 Å². The minimum Gasteiger partial charge on any atom is -0.383 e. The number of hydrogen-bond donors (Lipinski definition) is 1. The molecule has 1 aliphatic carbocycles. The summed E-state index contributed by atoms with van der Waals surface area (Å²) >= 11 is 2.29. The molecule has 7 heteroatoms. The normalized spacial score (nSPS) is 27.8. The van der Waals surface area contributed by atoms with Crippen molar-refractivity contribution in [3.8, 4) is 0 Å². The van der Waals surface area contributed by atoms with Gasteiger partial charge in [0.15, 0.2) is 5.79 Å². The fraction of sp³-hybridized carbons (Fsp3) is 0.579. The number of rotatable bonds is 2. The predicted molar refractivity (Wildman–Crippen MR) is 110 cm³/mol. The third kappa shape index (κ3) is 3.03. The minimum absolute atomic E-state index is 0.0245. The van der Waals surface area contributed by atoms with E-state index in [1.165, 1.54) is 11.9 Å². The average Bonchev–Trinajstić information content (AvgIpc) is 3.09. The van der Waals surface area contributed by atoms with Crippen molar-refractivity contribution in [1.29, 1.82) is 0 Å². The molecule has 4 rings (SSSR count). The quantitative estimate of drug-likeness (QED) is 0.532. The zero-order valence-electron chi connectivity index (χ0n) is 15.8. The van der Waals surface area contributed by atoms with Gasteiger partial charge in [0.25, 0.3) is 0 Å². The molecule has 140 valence electrons. The van der Waals surface area contributed by atoms with Gasteiger partial charge in [0.1, 0.15) is 30.0 Å². The molecule has 1 saturated heterocycles. The Labute approximate surface area is 167 Å². The number of nitrogens with two attached hydrogens (primary N) is 1. The van der Waals surface area contributed by atoms with Gasteiger partial charge in [-0.25, -0.2) is 9.97 Å². The standard InChI is InChI=1S/C19H25IN4O2/c1-18(2,3)7-10-6-12(15-14(10)25-19(4,5)26-15)24-8-11(20)13-16(21)22-9-23-17(13)24/h6,8-9,12,14-15H,7H2,1-5H3,(H2,21,22,23)/t12-,14-,15+/m1/s1. The van der Waals surface area contributed by atoms with E-state index in [-0.39, 0.29) is 23.7 Å². The molecule has 0 radical (unpaired) electrons. The van der Waals surface area contributed by atoms with E-state index < -0.39 is 5.79 Å². The molecular weight excluding hydrogens is 443 g/mol. The van der Waals surface area contributed by atoms with Crippen molar-refractivity contribution in [2.75, 3.05) is 5.73 Å². The number of halogens is 1. The minimum atomic E-state index is -0.588. The van der Waals surface area contributed by atoms with Crippen LogP contribution in [0.25, 0.3) is 11.0 Å². The SMILES string of the molecule is CC(C)(C)CC1=C[C@@H](n2cc(I)c3c(N)ncnc32)[C@@H]2OC(C)(C)O[C@H]12. The Hall–Kier alpha value is -1.19. The van der Waals surface area contributed by atoms with Gasteiger partial charge in [-0.1, -0.05) is 26.8 Å². The van der Waals surface area contributed by atoms with Crippen LogP contribution in [0.5, 0.6) is 0 Å². The third-order valence-corrected chi connectivity index (χ3v) is 5.68. The molecular formula is C19H25IN4O2. The Morgan fingerprint density at radius 1 is 1.27 bits per heavy atom. The highest BCUT2D eigenvalue weighted by Gasteiger charge is 2.51. The number of nitrogen functional groups attached to an aromatic ring is 1. The lowest BCUT2D eigenvalue weighted by Gasteiger charge is -2.23. The van der Waals surface area contributed by atoms with Gasteiger partial charge in [-0.3, -0.25) is 0 Å². The number of nitrogens with zero attached hydrogens (tertiary/aromatic N) is 3. The van der Waals surface area contributed by atoms with E-state index >= 15 is 0 Å². The van der Waals surface area contributed by atoms with E-state index in [1.54, 1.807) is 0 Å². The summed E-state index contributed by atoms with van der Waals surface area (Å²) in [7, 11) is 0. The van der Waals surface area contributed by atoms with Crippen LogP contribution in [0.3, 0.4) is 0 Å². The highest BCUT2D eigenvalue weighted by molar-refractivity contribution is 14.1. The average molecular weight is 468 g/mol. The van der Waals surface area contributed by atoms with Crippen LogP contribution >= 0.6 is 22.6 Å². The molecule has 3 atom stereocenters. The van der Waals surface area contributed by atoms with Crippen molar-refractivity contribution in [1.82, 2.24) is 14.5 Å². The van der Waals surface area contributed by atoms with Gasteiger partial charge < -0.3 is 19.8 Å². The third-order valence-electron chi connectivity index (χ3n) is 4.86. The van der Waals surface area contributed by atoms with Gasteiger partial charge in [0.05, 0.1) is 11.4 Å². The first-order valence-electron chi connectivity index (χ1n) is 8.88. The van der Waals surface area contributed by atoms with Crippen LogP contribution in [-0.4, -0.2) is 32.5 Å². The summed E-state index contributed by atoms with van der Waals surface area (Å²) in [5.74, 6) is -0.0785. The second-order valence-corrected chi connectivity index (χ2v) is 9.99. The summed E-state index contributed by atoms with van der Waals surface area (Å²) in [5, 5.41) is 0.903. The molecule has 2 N–H and O–H groups in total. The highest BCUT2D eigenvalue weighted by atomic mass is 127. The number of ether oxygens (including phenoxy) is 2. The largest absolute Gasteiger partial charge is 0.383 e. The monoisotopic (exact) mass is 468 g/mol. The number of hydrogen-bond acceptors (Lipinski definition) is 5. The van der Waals surface area contributed by atoms with Gasteiger partial charge in [-0.15, -0.1) is 0 Å². The van der Waals surface area contributed by atoms with Crippen molar-refractivity contribution < 1.29 is 9.47 Å². The summed E-state index contributed by atoms with van der Waals surface area (Å²) in [5.41, 5.74) is 8.41. The van der Waals surface area contributed by atoms with E-state index in [4.69, 9.17) is 15.2 Å². The van der Waals surface area contributed by atoms with Crippen molar-refractivity contribution in [3.63, 3.8) is 0 Å². The molecule has 0 unspecified atom stereocenters. The van der Waals surface area contributed by atoms with Crippen LogP contribution in [0, 0.1) is 8.99 Å². The maximum absolute atomic E-state index is 6.30. The van der Waals surface area contributed by atoms with Crippen LogP contribution in [0.1, 0.15) is 47.1 Å². The van der Waals surface area contributed by atoms with E-state index in [2.05, 4.69) is 70.2 Å². The molecule has 6 nitrogen and oxygen atoms in total. The summed E-state index contributed by atoms with van der Waals surface area (Å²) in [4.78, 5) is 8.64. The molecule has 0 spiro atoms. The Bertz CT molecular complexity index is 897. The molecule has 2 aromatic heterocycles. The van der Waals surface area contributed by atoms with Gasteiger partial charge >= 0.3 is 0 Å². The van der Waals surface area contributed by atoms with Crippen molar-refractivity contribution in [2.45, 2.75) is 65.1 Å². The van der Waals surface area contributed by atoms with Crippen LogP contribution in [0.4, 0.5) is 5.82 Å². The molecule has 1 aliphatic heterocycles. The van der Waals surface area contributed by atoms with Crippen LogP contribution in [0.2, 0.25) is 0 Å². The smallest absolute Gasteiger partial charge is 0.164 e. The first-order chi connectivity index (χ1) is 12.1. The van der Waals surface area contributed by atoms with E-state index in [1.807, 2.05) is 13.8 Å². The second kappa shape index (κ2) is 5.90. The Balaban J connectivity index is 1.82. The molecule has 3 heterocycles. The van der Waals surface area contributed by atoms with Gasteiger partial charge in [0, 0.05) is 9.77 Å². The molecule has 0 amide bonds. The summed E-state index contributed by atoms with van der Waals surface area (Å²) < 4.78 is 15.8. The molecule has 2 aromatic rings. The predicted octanol–water partition coefficient (Wildman–Crippen LogP) is 4.06. The zero-order chi connectivity index (χ0) is 18.9. The fourth-order valence-electron chi connectivity index (χ4n) is 4.03. The van der Waals surface area contributed by atoms with Crippen molar-refractivity contribution in [3.05, 3.63) is 27.7 Å². The Morgan fingerprint density at radius 2 is 2.00 bits per heavy atom. The topological polar surface area (TPSA) is 75.2 Å². The van der Waals surface area contributed by atoms with Crippen LogP contribution < -0.4 is 5.73 Å². The molecule has 2 aliphatic rings.